The third-order valence-corrected chi connectivity index (χ3v) is 3.37. The van der Waals surface area contributed by atoms with Gasteiger partial charge in [-0.3, -0.25) is 14.8 Å². The van der Waals surface area contributed by atoms with E-state index in [0.29, 0.717) is 31.2 Å². The molecule has 0 atom stereocenters. The quantitative estimate of drug-likeness (QED) is 0.558. The number of hydrogen-bond donors (Lipinski definition) is 3. The van der Waals surface area contributed by atoms with E-state index in [-0.39, 0.29) is 5.91 Å². The molecular weight excluding hydrogens is 302 g/mol. The highest BCUT2D eigenvalue weighted by atomic mass is 16.1. The summed E-state index contributed by atoms with van der Waals surface area (Å²) in [6.07, 6.45) is 1.76. The number of carbonyl (C=O) groups is 1. The Morgan fingerprint density at radius 1 is 1.08 bits per heavy atom. The zero-order chi connectivity index (χ0) is 17.2. The number of amides is 1. The molecule has 6 nitrogen and oxygen atoms in total. The van der Waals surface area contributed by atoms with E-state index in [1.54, 1.807) is 13.2 Å². The van der Waals surface area contributed by atoms with Crippen LogP contribution in [0.2, 0.25) is 0 Å². The van der Waals surface area contributed by atoms with E-state index in [2.05, 4.69) is 25.9 Å². The van der Waals surface area contributed by atoms with Crippen molar-refractivity contribution in [3.05, 3.63) is 65.5 Å². The Hall–Kier alpha value is -2.89. The summed E-state index contributed by atoms with van der Waals surface area (Å²) < 4.78 is 0. The molecule has 0 fully saturated rings. The van der Waals surface area contributed by atoms with E-state index in [4.69, 9.17) is 0 Å². The molecule has 1 aromatic heterocycles. The molecule has 1 heterocycles. The van der Waals surface area contributed by atoms with Crippen LogP contribution in [-0.2, 0) is 13.1 Å². The average Bonchev–Trinajstić information content (AvgIpc) is 2.63. The lowest BCUT2D eigenvalue weighted by molar-refractivity contribution is 0.0955. The molecule has 0 spiro atoms. The first-order valence-electron chi connectivity index (χ1n) is 7.94. The Morgan fingerprint density at radius 2 is 1.92 bits per heavy atom. The topological polar surface area (TPSA) is 78.4 Å². The van der Waals surface area contributed by atoms with E-state index in [1.807, 2.05) is 49.4 Å². The van der Waals surface area contributed by atoms with Gasteiger partial charge in [-0.1, -0.05) is 18.2 Å². The molecule has 0 saturated heterocycles. The number of carbonyl (C=O) groups excluding carboxylic acids is 1. The Kier molecular flexibility index (Phi) is 6.76. The molecule has 2 rings (SSSR count). The van der Waals surface area contributed by atoms with Crippen molar-refractivity contribution in [2.24, 2.45) is 4.99 Å². The second-order valence-corrected chi connectivity index (χ2v) is 5.16. The molecule has 6 heteroatoms. The number of aromatic nitrogens is 1. The molecule has 0 bridgehead atoms. The maximum Gasteiger partial charge on any atom is 0.251 e. The predicted molar refractivity (Wildman–Crippen MR) is 95.7 cm³/mol. The molecule has 24 heavy (non-hydrogen) atoms. The molecule has 1 amide bonds. The standard InChI is InChI=1S/C18H23N5O/c1-3-20-17(24)15-8-6-7-14(11-15)12-22-18(19-2)23-13-16-9-4-5-10-21-16/h4-11H,3,12-13H2,1-2H3,(H,20,24)(H2,19,22,23). The highest BCUT2D eigenvalue weighted by molar-refractivity contribution is 5.94. The fourth-order valence-corrected chi connectivity index (χ4v) is 2.17. The van der Waals surface area contributed by atoms with Crippen molar-refractivity contribution in [2.75, 3.05) is 13.6 Å². The van der Waals surface area contributed by atoms with Gasteiger partial charge >= 0.3 is 0 Å². The number of benzene rings is 1. The Morgan fingerprint density at radius 3 is 2.62 bits per heavy atom. The minimum atomic E-state index is -0.0583. The van der Waals surface area contributed by atoms with Gasteiger partial charge in [-0.05, 0) is 36.8 Å². The summed E-state index contributed by atoms with van der Waals surface area (Å²) in [6, 6.07) is 13.3. The molecule has 0 radical (unpaired) electrons. The number of pyridine rings is 1. The van der Waals surface area contributed by atoms with Crippen LogP contribution in [0.5, 0.6) is 0 Å². The van der Waals surface area contributed by atoms with Crippen LogP contribution in [0.15, 0.2) is 53.7 Å². The van der Waals surface area contributed by atoms with Gasteiger partial charge in [-0.15, -0.1) is 0 Å². The molecule has 3 N–H and O–H groups in total. The van der Waals surface area contributed by atoms with Crippen LogP contribution in [0.1, 0.15) is 28.5 Å². The van der Waals surface area contributed by atoms with E-state index in [1.165, 1.54) is 0 Å². The summed E-state index contributed by atoms with van der Waals surface area (Å²) in [5, 5.41) is 9.25. The lowest BCUT2D eigenvalue weighted by Crippen LogP contribution is -2.36. The van der Waals surface area contributed by atoms with E-state index in [9.17, 15) is 4.79 Å². The molecule has 0 aliphatic rings. The molecule has 126 valence electrons. The highest BCUT2D eigenvalue weighted by Crippen LogP contribution is 2.05. The van der Waals surface area contributed by atoms with Crippen molar-refractivity contribution < 1.29 is 4.79 Å². The maximum absolute atomic E-state index is 11.9. The molecule has 2 aromatic rings. The van der Waals surface area contributed by atoms with Crippen molar-refractivity contribution in [2.45, 2.75) is 20.0 Å². The minimum Gasteiger partial charge on any atom is -0.352 e. The summed E-state index contributed by atoms with van der Waals surface area (Å²) in [6.45, 7) is 3.69. The molecule has 0 saturated carbocycles. The molecule has 0 aliphatic carbocycles. The van der Waals surface area contributed by atoms with Crippen molar-refractivity contribution in [1.29, 1.82) is 0 Å². The normalized spacial score (nSPS) is 11.0. The second kappa shape index (κ2) is 9.29. The van der Waals surface area contributed by atoms with Crippen LogP contribution in [0.4, 0.5) is 0 Å². The summed E-state index contributed by atoms with van der Waals surface area (Å²) >= 11 is 0. The highest BCUT2D eigenvalue weighted by Gasteiger charge is 2.05. The zero-order valence-corrected chi connectivity index (χ0v) is 14.0. The number of aliphatic imine (C=N–C) groups is 1. The fraction of sp³-hybridized carbons (Fsp3) is 0.278. The third kappa shape index (κ3) is 5.39. The van der Waals surface area contributed by atoms with Gasteiger partial charge in [0.1, 0.15) is 0 Å². The summed E-state index contributed by atoms with van der Waals surface area (Å²) in [4.78, 5) is 20.3. The lowest BCUT2D eigenvalue weighted by Gasteiger charge is -2.12. The van der Waals surface area contributed by atoms with Crippen molar-refractivity contribution in [3.8, 4) is 0 Å². The summed E-state index contributed by atoms with van der Waals surface area (Å²) in [7, 11) is 1.72. The van der Waals surface area contributed by atoms with Crippen LogP contribution >= 0.6 is 0 Å². The number of nitrogens with zero attached hydrogens (tertiary/aromatic N) is 2. The van der Waals surface area contributed by atoms with Gasteiger partial charge in [-0.25, -0.2) is 0 Å². The molecule has 0 aliphatic heterocycles. The molecule has 1 aromatic carbocycles. The monoisotopic (exact) mass is 325 g/mol. The summed E-state index contributed by atoms with van der Waals surface area (Å²) in [5.41, 5.74) is 2.62. The van der Waals surface area contributed by atoms with Crippen molar-refractivity contribution >= 4 is 11.9 Å². The SMILES string of the molecule is CCNC(=O)c1cccc(CNC(=NC)NCc2ccccn2)c1. The Labute approximate surface area is 142 Å². The van der Waals surface area contributed by atoms with Gasteiger partial charge in [0, 0.05) is 31.9 Å². The minimum absolute atomic E-state index is 0.0583. The zero-order valence-electron chi connectivity index (χ0n) is 14.0. The van der Waals surface area contributed by atoms with Gasteiger partial charge in [0.25, 0.3) is 5.91 Å². The predicted octanol–water partition coefficient (Wildman–Crippen LogP) is 1.70. The first-order valence-corrected chi connectivity index (χ1v) is 7.94. The van der Waals surface area contributed by atoms with Gasteiger partial charge < -0.3 is 16.0 Å². The van der Waals surface area contributed by atoms with Crippen LogP contribution in [0, 0.1) is 0 Å². The fourth-order valence-electron chi connectivity index (χ4n) is 2.17. The lowest BCUT2D eigenvalue weighted by atomic mass is 10.1. The maximum atomic E-state index is 11.9. The average molecular weight is 325 g/mol. The Balaban J connectivity index is 1.89. The van der Waals surface area contributed by atoms with Crippen LogP contribution in [0.3, 0.4) is 0 Å². The first-order chi connectivity index (χ1) is 11.7. The number of guanidine groups is 1. The van der Waals surface area contributed by atoms with Gasteiger partial charge in [-0.2, -0.15) is 0 Å². The first kappa shape index (κ1) is 17.5. The van der Waals surface area contributed by atoms with Gasteiger partial charge in [0.05, 0.1) is 12.2 Å². The van der Waals surface area contributed by atoms with E-state index in [0.717, 1.165) is 11.3 Å². The van der Waals surface area contributed by atoms with Gasteiger partial charge in [0.15, 0.2) is 5.96 Å². The number of rotatable bonds is 6. The molecule has 0 unspecified atom stereocenters. The summed E-state index contributed by atoms with van der Waals surface area (Å²) in [5.74, 6) is 0.626. The number of hydrogen-bond acceptors (Lipinski definition) is 3. The van der Waals surface area contributed by atoms with Crippen LogP contribution in [0.25, 0.3) is 0 Å². The second-order valence-electron chi connectivity index (χ2n) is 5.16. The van der Waals surface area contributed by atoms with Crippen LogP contribution in [-0.4, -0.2) is 30.4 Å². The van der Waals surface area contributed by atoms with Crippen molar-refractivity contribution in [3.63, 3.8) is 0 Å². The third-order valence-electron chi connectivity index (χ3n) is 3.37. The largest absolute Gasteiger partial charge is 0.352 e. The van der Waals surface area contributed by atoms with E-state index >= 15 is 0 Å². The smallest absolute Gasteiger partial charge is 0.251 e. The van der Waals surface area contributed by atoms with Crippen LogP contribution < -0.4 is 16.0 Å². The van der Waals surface area contributed by atoms with E-state index < -0.39 is 0 Å². The molecular formula is C18H23N5O. The van der Waals surface area contributed by atoms with Gasteiger partial charge in [0.2, 0.25) is 0 Å². The van der Waals surface area contributed by atoms with Crippen molar-refractivity contribution in [1.82, 2.24) is 20.9 Å². The Bertz CT molecular complexity index is 685. The number of nitrogens with one attached hydrogen (secondary N) is 3.